The Morgan fingerprint density at radius 2 is 0.614 bits per heavy atom. The number of benzene rings is 8. The van der Waals surface area contributed by atoms with Gasteiger partial charge in [-0.1, -0.05) is 154 Å². The fourth-order valence-corrected chi connectivity index (χ4v) is 18.7. The summed E-state index contributed by atoms with van der Waals surface area (Å²) in [5, 5.41) is 14.2. The Bertz CT molecular complexity index is 6020. The highest BCUT2D eigenvalue weighted by Gasteiger charge is 2.29. The van der Waals surface area contributed by atoms with Gasteiger partial charge in [0, 0.05) is 142 Å². The molecular formula is C115H162F6N20O4. The summed E-state index contributed by atoms with van der Waals surface area (Å²) in [6.45, 7) is 60.0. The van der Waals surface area contributed by atoms with Crippen molar-refractivity contribution in [3.05, 3.63) is 260 Å². The molecule has 145 heavy (non-hydrogen) atoms. The standard InChI is InChI=1S/C29H39F2N5O.C29H41F2N5O.C29H42FN5O.C28H40FN5O/c1-3-13-35(29(37)24-19-23(30)9-10-25(24)31)21-28-33-26-18-22(8-11-27(26)36(28)14-4-2)20-32-12-17-34-15-6-5-7-16-34;1-6-14-36-27-12-9-22(18-32-13-15-34(7-2)8-3)16-26(27)33-28(36)20-35(19-21(4)5)29(37)24-17-23(30)10-11-25(24)31;1-6-15-35-27-13-12-23(19-31-14-16-33(7-2)8-3)17-26(27)32-28(35)21-34(20-22(4)5)29(36)24-10-9-11-25(30)18-24;1-5-15-33(28(35)23-10-9-11-24(29)19-23)21-27-31-25-18-22(12-13-26(25)34(27)16-6-2)20-30-14-17-32(7-3)8-4/h8-11,18-19,32H,3-7,12-17,20-21H2,1-2H3;9-12,16-17,21,32H,6-8,13-15,18-20H2,1-5H3;9-13,17-18,22,31H,6-8,14-16,19-21H2,1-5H3;9-13,18-19,30H,5-8,14-17,20-21H2,1-4H3. The van der Waals surface area contributed by atoms with Crippen LogP contribution in [-0.2, 0) is 78.5 Å². The van der Waals surface area contributed by atoms with Crippen molar-refractivity contribution in [1.29, 1.82) is 0 Å². The molecule has 4 N–H and O–H groups in total. The van der Waals surface area contributed by atoms with Crippen LogP contribution < -0.4 is 21.3 Å². The Hall–Kier alpha value is -11.2. The Balaban J connectivity index is 0.000000198. The lowest BCUT2D eigenvalue weighted by Crippen LogP contribution is -2.35. The second-order valence-corrected chi connectivity index (χ2v) is 38.6. The van der Waals surface area contributed by atoms with E-state index in [1.54, 1.807) is 43.9 Å². The minimum absolute atomic E-state index is 0.151. The van der Waals surface area contributed by atoms with Crippen LogP contribution in [0.4, 0.5) is 26.3 Å². The second kappa shape index (κ2) is 60.2. The molecule has 30 heteroatoms. The highest BCUT2D eigenvalue weighted by atomic mass is 19.1. The summed E-state index contributed by atoms with van der Waals surface area (Å²) in [5.41, 5.74) is 12.8. The number of nitrogens with zero attached hydrogens (tertiary/aromatic N) is 16. The molecule has 0 radical (unpaired) electrons. The minimum Gasteiger partial charge on any atom is -0.331 e. The summed E-state index contributed by atoms with van der Waals surface area (Å²) in [6.07, 6.45) is 9.23. The quantitative estimate of drug-likeness (QED) is 0.0206. The lowest BCUT2D eigenvalue weighted by atomic mass is 10.1. The van der Waals surface area contributed by atoms with E-state index in [0.717, 1.165) is 285 Å². The van der Waals surface area contributed by atoms with Gasteiger partial charge in [-0.2, -0.15) is 0 Å². The zero-order valence-corrected chi connectivity index (χ0v) is 89.2. The predicted molar refractivity (Wildman–Crippen MR) is 575 cm³/mol. The van der Waals surface area contributed by atoms with Crippen LogP contribution in [0.3, 0.4) is 0 Å². The second-order valence-electron chi connectivity index (χ2n) is 38.6. The van der Waals surface area contributed by atoms with Gasteiger partial charge in [-0.15, -0.1) is 0 Å². The molecule has 13 rings (SSSR count). The average molecular weight is 2000 g/mol. The average Bonchev–Trinajstić information content (AvgIpc) is 1.65. The van der Waals surface area contributed by atoms with E-state index < -0.39 is 46.7 Å². The molecule has 24 nitrogen and oxygen atoms in total. The van der Waals surface area contributed by atoms with Crippen molar-refractivity contribution in [3.8, 4) is 0 Å². The zero-order chi connectivity index (χ0) is 104. The fraction of sp³-hybridized carbons (Fsp3) is 0.513. The summed E-state index contributed by atoms with van der Waals surface area (Å²) < 4.78 is 92.7. The van der Waals surface area contributed by atoms with Gasteiger partial charge in [-0.3, -0.25) is 19.2 Å². The molecule has 5 heterocycles. The third-order valence-corrected chi connectivity index (χ3v) is 26.3. The summed E-state index contributed by atoms with van der Waals surface area (Å²) in [4.78, 5) is 89.1. The molecule has 0 unspecified atom stereocenters. The molecular weight excluding hydrogens is 1840 g/mol. The van der Waals surface area contributed by atoms with Crippen LogP contribution in [0.25, 0.3) is 44.1 Å². The van der Waals surface area contributed by atoms with E-state index in [2.05, 4.69) is 215 Å². The number of aryl methyl sites for hydroxylation is 4. The first-order valence-electron chi connectivity index (χ1n) is 53.4. The molecule has 0 saturated carbocycles. The van der Waals surface area contributed by atoms with Crippen LogP contribution in [0.5, 0.6) is 0 Å². The summed E-state index contributed by atoms with van der Waals surface area (Å²) in [6, 6.07) is 43.4. The molecule has 1 aliphatic rings. The Kier molecular flexibility index (Phi) is 48.0. The number of carbonyl (C=O) groups excluding carboxylic acids is 4. The molecule has 4 aromatic heterocycles. The number of imidazole rings is 4. The topological polar surface area (TPSA) is 214 Å². The van der Waals surface area contributed by atoms with E-state index in [9.17, 15) is 45.5 Å². The number of aromatic nitrogens is 8. The third kappa shape index (κ3) is 34.4. The molecule has 1 aliphatic heterocycles. The fourth-order valence-electron chi connectivity index (χ4n) is 18.7. The molecule has 12 aromatic rings. The summed E-state index contributed by atoms with van der Waals surface area (Å²) in [5.74, 6) is -1.22. The van der Waals surface area contributed by atoms with Crippen molar-refractivity contribution in [3.63, 3.8) is 0 Å². The first kappa shape index (κ1) is 116. The van der Waals surface area contributed by atoms with Gasteiger partial charge in [0.1, 0.15) is 58.2 Å². The highest BCUT2D eigenvalue weighted by molar-refractivity contribution is 5.96. The van der Waals surface area contributed by atoms with Crippen LogP contribution in [0.15, 0.2) is 158 Å². The predicted octanol–water partition coefficient (Wildman–Crippen LogP) is 21.2. The van der Waals surface area contributed by atoms with E-state index in [1.165, 1.54) is 73.3 Å². The maximum Gasteiger partial charge on any atom is 0.257 e. The Labute approximate surface area is 857 Å². The number of carbonyl (C=O) groups is 4. The largest absolute Gasteiger partial charge is 0.331 e. The number of halogens is 6. The number of hydrogen-bond acceptors (Lipinski definition) is 16. The van der Waals surface area contributed by atoms with Gasteiger partial charge >= 0.3 is 0 Å². The third-order valence-electron chi connectivity index (χ3n) is 26.3. The van der Waals surface area contributed by atoms with E-state index >= 15 is 0 Å². The monoisotopic (exact) mass is 2000 g/mol. The smallest absolute Gasteiger partial charge is 0.257 e. The maximum absolute atomic E-state index is 14.4. The number of hydrogen-bond donors (Lipinski definition) is 4. The number of fused-ring (bicyclic) bond motifs is 4. The van der Waals surface area contributed by atoms with Crippen molar-refractivity contribution in [2.24, 2.45) is 11.8 Å². The molecule has 1 fully saturated rings. The number of rotatable bonds is 54. The number of piperidine rings is 1. The SMILES string of the molecule is CCCN(Cc1nc2cc(CNCCN(CC)CC)ccc2n1CCC)C(=O)c1cccc(F)c1.CCCN(Cc1nc2cc(CNCCN3CCCCC3)ccc2n1CCC)C(=O)c1cc(F)ccc1F.CCCn1c(CN(CC(C)C)C(=O)c2cc(F)ccc2F)nc2cc(CNCCN(CC)CC)ccc21.CCCn1c(CN(CC(C)C)C(=O)c2cccc(F)c2)nc2cc(CNCCN(CC)CC)ccc21. The molecule has 8 aromatic carbocycles. The number of likely N-dealkylation sites (N-methyl/N-ethyl adjacent to an activating group) is 3. The van der Waals surface area contributed by atoms with Crippen LogP contribution in [0.1, 0.15) is 256 Å². The lowest BCUT2D eigenvalue weighted by molar-refractivity contribution is 0.0706. The van der Waals surface area contributed by atoms with Crippen LogP contribution >= 0.6 is 0 Å². The van der Waals surface area contributed by atoms with Gasteiger partial charge in [0.05, 0.1) is 81.4 Å². The molecule has 1 saturated heterocycles. The van der Waals surface area contributed by atoms with E-state index in [-0.39, 0.29) is 47.9 Å². The number of nitrogens with one attached hydrogen (secondary N) is 4. The van der Waals surface area contributed by atoms with Gasteiger partial charge in [-0.05, 0) is 259 Å². The highest BCUT2D eigenvalue weighted by Crippen LogP contribution is 2.29. The maximum atomic E-state index is 14.4. The zero-order valence-electron chi connectivity index (χ0n) is 89.2. The van der Waals surface area contributed by atoms with E-state index in [4.69, 9.17) is 19.9 Å². The van der Waals surface area contributed by atoms with Crippen molar-refractivity contribution < 1.29 is 45.5 Å². The van der Waals surface area contributed by atoms with Crippen LogP contribution in [0, 0.1) is 46.7 Å². The first-order chi connectivity index (χ1) is 70.1. The number of likely N-dealkylation sites (tertiary alicyclic amines) is 1. The van der Waals surface area contributed by atoms with Crippen molar-refractivity contribution >= 4 is 67.8 Å². The Morgan fingerprint density at radius 1 is 0.317 bits per heavy atom. The number of amides is 4. The molecule has 0 atom stereocenters. The first-order valence-corrected chi connectivity index (χ1v) is 53.4. The van der Waals surface area contributed by atoms with Crippen molar-refractivity contribution in [2.75, 3.05) is 131 Å². The minimum atomic E-state index is -0.722. The van der Waals surface area contributed by atoms with Crippen molar-refractivity contribution in [2.45, 2.75) is 247 Å². The normalized spacial score (nSPS) is 12.3. The lowest BCUT2D eigenvalue weighted by Gasteiger charge is -2.26. The van der Waals surface area contributed by atoms with E-state index in [1.807, 2.05) is 27.7 Å². The van der Waals surface area contributed by atoms with Gasteiger partial charge < -0.3 is 78.7 Å². The molecule has 0 bridgehead atoms. The molecule has 4 amide bonds. The molecule has 0 spiro atoms. The van der Waals surface area contributed by atoms with Crippen LogP contribution in [-0.4, -0.2) is 232 Å². The van der Waals surface area contributed by atoms with Crippen LogP contribution in [0.2, 0.25) is 0 Å². The summed E-state index contributed by atoms with van der Waals surface area (Å²) >= 11 is 0. The van der Waals surface area contributed by atoms with Gasteiger partial charge in [0.15, 0.2) is 0 Å². The molecule has 0 aliphatic carbocycles. The van der Waals surface area contributed by atoms with Gasteiger partial charge in [0.25, 0.3) is 23.6 Å². The van der Waals surface area contributed by atoms with Crippen molar-refractivity contribution in [1.82, 2.24) is 98.7 Å². The van der Waals surface area contributed by atoms with E-state index in [0.29, 0.717) is 56.8 Å². The van der Waals surface area contributed by atoms with Gasteiger partial charge in [-0.25, -0.2) is 46.3 Å². The Morgan fingerprint density at radius 3 is 0.924 bits per heavy atom. The molecule has 788 valence electrons. The van der Waals surface area contributed by atoms with Gasteiger partial charge in [0.2, 0.25) is 0 Å². The summed E-state index contributed by atoms with van der Waals surface area (Å²) in [7, 11) is 0.